The predicted molar refractivity (Wildman–Crippen MR) is 68.0 cm³/mol. The van der Waals surface area contributed by atoms with Gasteiger partial charge in [-0.1, -0.05) is 11.6 Å². The van der Waals surface area contributed by atoms with E-state index in [9.17, 15) is 8.78 Å². The Morgan fingerprint density at radius 2 is 1.94 bits per heavy atom. The number of nitrogen functional groups attached to an aromatic ring is 1. The van der Waals surface area contributed by atoms with Gasteiger partial charge < -0.3 is 11.1 Å². The van der Waals surface area contributed by atoms with Crippen LogP contribution in [0.4, 0.5) is 26.0 Å². The molecule has 2 rings (SSSR count). The molecule has 0 aliphatic rings. The lowest BCUT2D eigenvalue weighted by molar-refractivity contribution is 0.595. The number of nitrogens with two attached hydrogens (primary N) is 1. The van der Waals surface area contributed by atoms with Crippen LogP contribution in [0.15, 0.2) is 24.3 Å². The van der Waals surface area contributed by atoms with E-state index >= 15 is 0 Å². The van der Waals surface area contributed by atoms with Crippen molar-refractivity contribution in [1.82, 2.24) is 4.98 Å². The molecular weight excluding hydrogens is 260 g/mol. The fourth-order valence-electron chi connectivity index (χ4n) is 1.42. The van der Waals surface area contributed by atoms with E-state index < -0.39 is 11.6 Å². The SMILES string of the molecule is Cc1cc(F)c(Nc2nc(Cl)ccc2N)cc1F. The van der Waals surface area contributed by atoms with Crippen LogP contribution < -0.4 is 11.1 Å². The highest BCUT2D eigenvalue weighted by Gasteiger charge is 2.10. The third-order valence-electron chi connectivity index (χ3n) is 2.39. The van der Waals surface area contributed by atoms with Gasteiger partial charge in [-0.2, -0.15) is 0 Å². The fraction of sp³-hybridized carbons (Fsp3) is 0.0833. The third-order valence-corrected chi connectivity index (χ3v) is 2.60. The van der Waals surface area contributed by atoms with Gasteiger partial charge in [-0.25, -0.2) is 13.8 Å². The van der Waals surface area contributed by atoms with Crippen molar-refractivity contribution in [2.45, 2.75) is 6.92 Å². The normalized spacial score (nSPS) is 10.4. The Labute approximate surface area is 108 Å². The van der Waals surface area contributed by atoms with Crippen molar-refractivity contribution >= 4 is 28.8 Å². The molecule has 0 saturated carbocycles. The zero-order valence-corrected chi connectivity index (χ0v) is 10.2. The van der Waals surface area contributed by atoms with E-state index in [-0.39, 0.29) is 22.2 Å². The van der Waals surface area contributed by atoms with Crippen molar-refractivity contribution in [3.8, 4) is 0 Å². The first kappa shape index (κ1) is 12.6. The number of aromatic nitrogens is 1. The molecule has 0 radical (unpaired) electrons. The molecule has 0 aliphatic carbocycles. The molecule has 0 amide bonds. The minimum atomic E-state index is -0.588. The van der Waals surface area contributed by atoms with Crippen molar-refractivity contribution in [2.24, 2.45) is 0 Å². The predicted octanol–water partition coefficient (Wildman–Crippen LogP) is 3.65. The molecule has 0 atom stereocenters. The van der Waals surface area contributed by atoms with Crippen LogP contribution in [0.25, 0.3) is 0 Å². The molecule has 18 heavy (non-hydrogen) atoms. The largest absolute Gasteiger partial charge is 0.396 e. The summed E-state index contributed by atoms with van der Waals surface area (Å²) in [5.41, 5.74) is 6.13. The number of anilines is 3. The standard InChI is InChI=1S/C12H10ClF2N3/c1-6-4-8(15)10(5-7(6)14)17-12-9(16)2-3-11(13)18-12/h2-5H,16H2,1H3,(H,17,18). The van der Waals surface area contributed by atoms with Gasteiger partial charge in [-0.15, -0.1) is 0 Å². The number of nitrogens with zero attached hydrogens (tertiary/aromatic N) is 1. The van der Waals surface area contributed by atoms with Crippen LogP contribution in [0.3, 0.4) is 0 Å². The summed E-state index contributed by atoms with van der Waals surface area (Å²) in [4.78, 5) is 3.90. The Morgan fingerprint density at radius 1 is 1.22 bits per heavy atom. The Balaban J connectivity index is 2.40. The topological polar surface area (TPSA) is 50.9 Å². The Kier molecular flexibility index (Phi) is 3.34. The van der Waals surface area contributed by atoms with Crippen LogP contribution in [-0.4, -0.2) is 4.98 Å². The van der Waals surface area contributed by atoms with Gasteiger partial charge in [0.05, 0.1) is 11.4 Å². The minimum absolute atomic E-state index is 0.0421. The summed E-state index contributed by atoms with van der Waals surface area (Å²) in [6.45, 7) is 1.48. The Hall–Kier alpha value is -1.88. The first-order chi connectivity index (χ1) is 8.47. The second kappa shape index (κ2) is 4.78. The number of rotatable bonds is 2. The molecule has 1 aromatic heterocycles. The zero-order chi connectivity index (χ0) is 13.3. The van der Waals surface area contributed by atoms with E-state index in [1.165, 1.54) is 19.1 Å². The van der Waals surface area contributed by atoms with E-state index in [0.29, 0.717) is 5.69 Å². The quantitative estimate of drug-likeness (QED) is 0.818. The van der Waals surface area contributed by atoms with E-state index in [1.54, 1.807) is 0 Å². The molecule has 2 aromatic rings. The summed E-state index contributed by atoms with van der Waals surface area (Å²) in [7, 11) is 0. The molecule has 0 unspecified atom stereocenters. The van der Waals surface area contributed by atoms with Crippen molar-refractivity contribution in [3.63, 3.8) is 0 Å². The van der Waals surface area contributed by atoms with Crippen molar-refractivity contribution in [3.05, 3.63) is 46.6 Å². The number of halogens is 3. The smallest absolute Gasteiger partial charge is 0.155 e. The van der Waals surface area contributed by atoms with Gasteiger partial charge in [-0.3, -0.25) is 0 Å². The molecule has 0 aliphatic heterocycles. The van der Waals surface area contributed by atoms with Gasteiger partial charge in [0.15, 0.2) is 5.82 Å². The molecule has 94 valence electrons. The highest BCUT2D eigenvalue weighted by molar-refractivity contribution is 6.29. The second-order valence-corrected chi connectivity index (χ2v) is 4.17. The zero-order valence-electron chi connectivity index (χ0n) is 9.47. The number of hydrogen-bond acceptors (Lipinski definition) is 3. The van der Waals surface area contributed by atoms with Gasteiger partial charge in [0.1, 0.15) is 16.8 Å². The van der Waals surface area contributed by atoms with Gasteiger partial charge in [-0.05, 0) is 30.7 Å². The maximum absolute atomic E-state index is 13.6. The molecule has 0 spiro atoms. The summed E-state index contributed by atoms with van der Waals surface area (Å²) in [5, 5.41) is 2.82. The van der Waals surface area contributed by atoms with Gasteiger partial charge in [0.2, 0.25) is 0 Å². The second-order valence-electron chi connectivity index (χ2n) is 3.78. The number of nitrogens with one attached hydrogen (secondary N) is 1. The van der Waals surface area contributed by atoms with Crippen LogP contribution in [0.1, 0.15) is 5.56 Å². The van der Waals surface area contributed by atoms with Crippen molar-refractivity contribution < 1.29 is 8.78 Å². The van der Waals surface area contributed by atoms with E-state index in [2.05, 4.69) is 10.3 Å². The summed E-state index contributed by atoms with van der Waals surface area (Å²) >= 11 is 5.70. The number of aryl methyl sites for hydroxylation is 1. The summed E-state index contributed by atoms with van der Waals surface area (Å²) < 4.78 is 27.0. The van der Waals surface area contributed by atoms with Crippen LogP contribution in [0.5, 0.6) is 0 Å². The molecule has 0 fully saturated rings. The number of benzene rings is 1. The molecule has 1 aromatic carbocycles. The minimum Gasteiger partial charge on any atom is -0.396 e. The Bertz CT molecular complexity index is 602. The first-order valence-electron chi connectivity index (χ1n) is 5.12. The van der Waals surface area contributed by atoms with Crippen LogP contribution in [-0.2, 0) is 0 Å². The van der Waals surface area contributed by atoms with Crippen LogP contribution in [0.2, 0.25) is 5.15 Å². The fourth-order valence-corrected chi connectivity index (χ4v) is 1.56. The molecule has 0 bridgehead atoms. The van der Waals surface area contributed by atoms with Crippen LogP contribution in [0, 0.1) is 18.6 Å². The maximum Gasteiger partial charge on any atom is 0.155 e. The lowest BCUT2D eigenvalue weighted by atomic mass is 10.2. The molecule has 0 saturated heterocycles. The lowest BCUT2D eigenvalue weighted by Gasteiger charge is -2.10. The summed E-state index contributed by atoms with van der Waals surface area (Å²) in [6, 6.07) is 5.18. The summed E-state index contributed by atoms with van der Waals surface area (Å²) in [6.07, 6.45) is 0. The number of hydrogen-bond donors (Lipinski definition) is 2. The maximum atomic E-state index is 13.6. The highest BCUT2D eigenvalue weighted by Crippen LogP contribution is 2.26. The van der Waals surface area contributed by atoms with Crippen molar-refractivity contribution in [1.29, 1.82) is 0 Å². The van der Waals surface area contributed by atoms with Crippen molar-refractivity contribution in [2.75, 3.05) is 11.1 Å². The van der Waals surface area contributed by atoms with E-state index in [4.69, 9.17) is 17.3 Å². The average Bonchev–Trinajstić information content (AvgIpc) is 2.30. The number of pyridine rings is 1. The monoisotopic (exact) mass is 269 g/mol. The third kappa shape index (κ3) is 2.51. The average molecular weight is 270 g/mol. The highest BCUT2D eigenvalue weighted by atomic mass is 35.5. The molecule has 3 nitrogen and oxygen atoms in total. The van der Waals surface area contributed by atoms with Gasteiger partial charge >= 0.3 is 0 Å². The Morgan fingerprint density at radius 3 is 2.67 bits per heavy atom. The molecule has 3 N–H and O–H groups in total. The van der Waals surface area contributed by atoms with E-state index in [0.717, 1.165) is 12.1 Å². The summed E-state index contributed by atoms with van der Waals surface area (Å²) in [5.74, 6) is -0.917. The molecule has 6 heteroatoms. The van der Waals surface area contributed by atoms with E-state index in [1.807, 2.05) is 0 Å². The van der Waals surface area contributed by atoms with Gasteiger partial charge in [0.25, 0.3) is 0 Å². The van der Waals surface area contributed by atoms with Crippen LogP contribution >= 0.6 is 11.6 Å². The molecular formula is C12H10ClF2N3. The first-order valence-corrected chi connectivity index (χ1v) is 5.50. The lowest BCUT2D eigenvalue weighted by Crippen LogP contribution is -2.02. The molecule has 1 heterocycles. The van der Waals surface area contributed by atoms with Gasteiger partial charge in [0, 0.05) is 6.07 Å².